The van der Waals surface area contributed by atoms with Crippen LogP contribution in [0.25, 0.3) is 0 Å². The number of piperidine rings is 1. The van der Waals surface area contributed by atoms with Crippen LogP contribution in [0, 0.1) is 11.8 Å². The zero-order chi connectivity index (χ0) is 14.8. The molecule has 0 bridgehead atoms. The quantitative estimate of drug-likeness (QED) is 0.793. The molecule has 1 aliphatic heterocycles. The van der Waals surface area contributed by atoms with E-state index in [0.717, 1.165) is 6.42 Å². The van der Waals surface area contributed by atoms with Gasteiger partial charge in [0.1, 0.15) is 0 Å². The maximum atomic E-state index is 12.3. The summed E-state index contributed by atoms with van der Waals surface area (Å²) in [4.78, 5) is 10.7. The molecule has 2 unspecified atom stereocenters. The van der Waals surface area contributed by atoms with Crippen LogP contribution in [0.15, 0.2) is 0 Å². The Morgan fingerprint density at radius 3 is 2.21 bits per heavy atom. The first-order chi connectivity index (χ1) is 8.52. The summed E-state index contributed by atoms with van der Waals surface area (Å²) in [6.07, 6.45) is 0.774. The lowest BCUT2D eigenvalue weighted by atomic mass is 9.94. The molecular weight excluding hydrogens is 268 g/mol. The number of carboxylic acid groups (broad SMARTS) is 1. The van der Waals surface area contributed by atoms with Gasteiger partial charge in [0.25, 0.3) is 10.2 Å². The smallest absolute Gasteiger partial charge is 0.305 e. The van der Waals surface area contributed by atoms with E-state index < -0.39 is 21.7 Å². The molecule has 0 aliphatic carbocycles. The van der Waals surface area contributed by atoms with Gasteiger partial charge in [0.15, 0.2) is 0 Å². The predicted molar refractivity (Wildman–Crippen MR) is 72.9 cm³/mol. The van der Waals surface area contributed by atoms with Gasteiger partial charge in [-0.25, -0.2) is 0 Å². The number of carbonyl (C=O) groups is 1. The highest BCUT2D eigenvalue weighted by atomic mass is 32.2. The number of nitrogens with zero attached hydrogens (tertiary/aromatic N) is 1. The van der Waals surface area contributed by atoms with Crippen molar-refractivity contribution in [2.45, 2.75) is 46.1 Å². The van der Waals surface area contributed by atoms with Gasteiger partial charge in [-0.2, -0.15) is 17.4 Å². The normalized spacial score (nSPS) is 26.3. The van der Waals surface area contributed by atoms with Crippen molar-refractivity contribution in [2.24, 2.45) is 11.8 Å². The molecule has 1 heterocycles. The van der Waals surface area contributed by atoms with E-state index in [9.17, 15) is 13.2 Å². The summed E-state index contributed by atoms with van der Waals surface area (Å²) in [5.41, 5.74) is -0.991. The van der Waals surface area contributed by atoms with Gasteiger partial charge >= 0.3 is 5.97 Å². The molecule has 0 saturated carbocycles. The lowest BCUT2D eigenvalue weighted by molar-refractivity contribution is -0.138. The molecule has 2 atom stereocenters. The molecular formula is C12H24N2O4S. The molecule has 112 valence electrons. The van der Waals surface area contributed by atoms with E-state index in [2.05, 4.69) is 4.72 Å². The number of rotatable bonds is 5. The van der Waals surface area contributed by atoms with Gasteiger partial charge in [-0.1, -0.05) is 13.8 Å². The Labute approximate surface area is 115 Å². The first kappa shape index (κ1) is 16.4. The summed E-state index contributed by atoms with van der Waals surface area (Å²) < 4.78 is 28.5. The Hall–Kier alpha value is -0.660. The molecule has 1 rings (SSSR count). The van der Waals surface area contributed by atoms with Crippen molar-refractivity contribution in [3.05, 3.63) is 0 Å². The molecule has 1 aliphatic rings. The van der Waals surface area contributed by atoms with Crippen LogP contribution in [0.1, 0.15) is 40.5 Å². The highest BCUT2D eigenvalue weighted by Crippen LogP contribution is 2.23. The fourth-order valence-electron chi connectivity index (χ4n) is 2.63. The van der Waals surface area contributed by atoms with Crippen LogP contribution in [-0.2, 0) is 15.0 Å². The molecule has 0 aromatic heterocycles. The van der Waals surface area contributed by atoms with Crippen LogP contribution in [0.4, 0.5) is 0 Å². The molecule has 1 saturated heterocycles. The van der Waals surface area contributed by atoms with Gasteiger partial charge in [0.05, 0.1) is 6.42 Å². The van der Waals surface area contributed by atoms with E-state index in [1.54, 1.807) is 13.8 Å². The van der Waals surface area contributed by atoms with Gasteiger partial charge in [0, 0.05) is 18.6 Å². The van der Waals surface area contributed by atoms with Gasteiger partial charge < -0.3 is 5.11 Å². The van der Waals surface area contributed by atoms with Crippen LogP contribution in [0.3, 0.4) is 0 Å². The van der Waals surface area contributed by atoms with Crippen LogP contribution in [-0.4, -0.2) is 42.4 Å². The third kappa shape index (κ3) is 5.08. The van der Waals surface area contributed by atoms with Crippen molar-refractivity contribution < 1.29 is 18.3 Å². The highest BCUT2D eigenvalue weighted by molar-refractivity contribution is 7.87. The van der Waals surface area contributed by atoms with Crippen molar-refractivity contribution in [1.29, 1.82) is 0 Å². The minimum Gasteiger partial charge on any atom is -0.481 e. The first-order valence-corrected chi connectivity index (χ1v) is 7.97. The molecule has 0 aromatic rings. The fraction of sp³-hybridized carbons (Fsp3) is 0.917. The summed E-state index contributed by atoms with van der Waals surface area (Å²) in [7, 11) is -3.63. The summed E-state index contributed by atoms with van der Waals surface area (Å²) in [5, 5.41) is 8.79. The summed E-state index contributed by atoms with van der Waals surface area (Å²) in [6.45, 7) is 8.19. The van der Waals surface area contributed by atoms with Crippen molar-refractivity contribution in [2.75, 3.05) is 13.1 Å². The topological polar surface area (TPSA) is 86.7 Å². The van der Waals surface area contributed by atoms with E-state index in [1.165, 1.54) is 4.31 Å². The standard InChI is InChI=1S/C12H24N2O4S/c1-9-5-10(2)8-14(7-9)19(17,18)13-12(3,4)6-11(15)16/h9-10,13H,5-8H2,1-4H3,(H,15,16). The molecule has 0 spiro atoms. The summed E-state index contributed by atoms with van der Waals surface area (Å²) in [6, 6.07) is 0. The number of hydrogen-bond donors (Lipinski definition) is 2. The lowest BCUT2D eigenvalue weighted by Crippen LogP contribution is -2.54. The molecule has 0 radical (unpaired) electrons. The van der Waals surface area contributed by atoms with Gasteiger partial charge in [-0.05, 0) is 32.1 Å². The van der Waals surface area contributed by atoms with Gasteiger partial charge in [0.2, 0.25) is 0 Å². The van der Waals surface area contributed by atoms with Crippen LogP contribution >= 0.6 is 0 Å². The Bertz CT molecular complexity index is 423. The van der Waals surface area contributed by atoms with Crippen molar-refractivity contribution >= 4 is 16.2 Å². The minimum atomic E-state index is -3.63. The Morgan fingerprint density at radius 1 is 1.32 bits per heavy atom. The first-order valence-electron chi connectivity index (χ1n) is 6.53. The largest absolute Gasteiger partial charge is 0.481 e. The lowest BCUT2D eigenvalue weighted by Gasteiger charge is -2.36. The zero-order valence-electron chi connectivity index (χ0n) is 12.0. The van der Waals surface area contributed by atoms with Crippen LogP contribution < -0.4 is 4.72 Å². The maximum Gasteiger partial charge on any atom is 0.305 e. The molecule has 7 heteroatoms. The molecule has 19 heavy (non-hydrogen) atoms. The van der Waals surface area contributed by atoms with Gasteiger partial charge in [-0.3, -0.25) is 4.79 Å². The number of carboxylic acids is 1. The van der Waals surface area contributed by atoms with E-state index in [1.807, 2.05) is 13.8 Å². The molecule has 6 nitrogen and oxygen atoms in total. The third-order valence-corrected chi connectivity index (χ3v) is 4.96. The Balaban J connectivity index is 2.78. The van der Waals surface area contributed by atoms with Crippen molar-refractivity contribution in [3.8, 4) is 0 Å². The molecule has 0 amide bonds. The Kier molecular flexibility index (Phi) is 4.97. The molecule has 2 N–H and O–H groups in total. The summed E-state index contributed by atoms with van der Waals surface area (Å²) >= 11 is 0. The second-order valence-electron chi connectivity index (χ2n) is 6.32. The molecule has 1 fully saturated rings. The highest BCUT2D eigenvalue weighted by Gasteiger charge is 2.35. The van der Waals surface area contributed by atoms with Crippen molar-refractivity contribution in [1.82, 2.24) is 9.03 Å². The van der Waals surface area contributed by atoms with Crippen LogP contribution in [0.2, 0.25) is 0 Å². The van der Waals surface area contributed by atoms with E-state index >= 15 is 0 Å². The Morgan fingerprint density at radius 2 is 1.79 bits per heavy atom. The van der Waals surface area contributed by atoms with E-state index in [-0.39, 0.29) is 6.42 Å². The minimum absolute atomic E-state index is 0.245. The molecule has 0 aromatic carbocycles. The van der Waals surface area contributed by atoms with E-state index in [4.69, 9.17) is 5.11 Å². The monoisotopic (exact) mass is 292 g/mol. The SMILES string of the molecule is CC1CC(C)CN(S(=O)(=O)NC(C)(C)CC(=O)O)C1. The maximum absolute atomic E-state index is 12.3. The number of nitrogens with one attached hydrogen (secondary N) is 1. The zero-order valence-corrected chi connectivity index (χ0v) is 12.8. The number of hydrogen-bond acceptors (Lipinski definition) is 3. The second-order valence-corrected chi connectivity index (χ2v) is 8.00. The summed E-state index contributed by atoms with van der Waals surface area (Å²) in [5.74, 6) is -0.376. The average Bonchev–Trinajstić information content (AvgIpc) is 2.11. The fourth-order valence-corrected chi connectivity index (χ4v) is 4.43. The average molecular weight is 292 g/mol. The van der Waals surface area contributed by atoms with E-state index in [0.29, 0.717) is 24.9 Å². The third-order valence-electron chi connectivity index (χ3n) is 3.17. The number of aliphatic carboxylic acids is 1. The van der Waals surface area contributed by atoms with Gasteiger partial charge in [-0.15, -0.1) is 0 Å². The van der Waals surface area contributed by atoms with Crippen molar-refractivity contribution in [3.63, 3.8) is 0 Å². The predicted octanol–water partition coefficient (Wildman–Crippen LogP) is 1.05. The second kappa shape index (κ2) is 5.76. The van der Waals surface area contributed by atoms with Crippen LogP contribution in [0.5, 0.6) is 0 Å².